The van der Waals surface area contributed by atoms with Crippen LogP contribution in [0.25, 0.3) is 0 Å². The first-order valence-electron chi connectivity index (χ1n) is 7.41. The summed E-state index contributed by atoms with van der Waals surface area (Å²) in [5.74, 6) is -0.879. The summed E-state index contributed by atoms with van der Waals surface area (Å²) in [5, 5.41) is 2.35. The number of hydrogen-bond acceptors (Lipinski definition) is 4. The number of carbonyl (C=O) groups is 2. The first-order valence-corrected chi connectivity index (χ1v) is 7.41. The first kappa shape index (κ1) is 17.5. The van der Waals surface area contributed by atoms with E-state index in [0.717, 1.165) is 11.3 Å². The fourth-order valence-electron chi connectivity index (χ4n) is 2.01. The number of rotatable bonds is 7. The van der Waals surface area contributed by atoms with Gasteiger partial charge in [-0.05, 0) is 36.2 Å². The first-order chi connectivity index (χ1) is 11.6. The molecule has 24 heavy (non-hydrogen) atoms. The Morgan fingerprint density at radius 1 is 1.08 bits per heavy atom. The third-order valence-corrected chi connectivity index (χ3v) is 3.29. The van der Waals surface area contributed by atoms with Gasteiger partial charge in [0, 0.05) is 6.42 Å². The fraction of sp³-hybridized carbons (Fsp3) is 0.222. The molecule has 0 saturated heterocycles. The van der Waals surface area contributed by atoms with Crippen LogP contribution >= 0.6 is 0 Å². The Bertz CT molecular complexity index is 700. The van der Waals surface area contributed by atoms with Gasteiger partial charge in [-0.2, -0.15) is 0 Å². The van der Waals surface area contributed by atoms with Crippen LogP contribution in [0.5, 0.6) is 5.75 Å². The van der Waals surface area contributed by atoms with E-state index in [0.29, 0.717) is 6.42 Å². The van der Waals surface area contributed by atoms with Crippen LogP contribution in [-0.4, -0.2) is 25.6 Å². The molecule has 0 unspecified atom stereocenters. The summed E-state index contributed by atoms with van der Waals surface area (Å²) in [7, 11) is 1.58. The summed E-state index contributed by atoms with van der Waals surface area (Å²) in [6, 6.07) is 13.1. The highest BCUT2D eigenvalue weighted by Gasteiger charge is 2.10. The van der Waals surface area contributed by atoms with E-state index in [1.165, 1.54) is 18.2 Å². The van der Waals surface area contributed by atoms with Crippen molar-refractivity contribution >= 4 is 17.6 Å². The smallest absolute Gasteiger partial charge is 0.306 e. The van der Waals surface area contributed by atoms with Gasteiger partial charge in [-0.25, -0.2) is 4.39 Å². The maximum atomic E-state index is 13.4. The zero-order valence-corrected chi connectivity index (χ0v) is 13.3. The molecule has 126 valence electrons. The molecule has 0 aromatic heterocycles. The Labute approximate surface area is 139 Å². The second-order valence-corrected chi connectivity index (χ2v) is 5.04. The van der Waals surface area contributed by atoms with Crippen LogP contribution in [-0.2, 0) is 20.7 Å². The number of esters is 1. The quantitative estimate of drug-likeness (QED) is 0.792. The van der Waals surface area contributed by atoms with E-state index in [4.69, 9.17) is 9.47 Å². The zero-order chi connectivity index (χ0) is 17.4. The number of benzene rings is 2. The third kappa shape index (κ3) is 5.39. The average molecular weight is 331 g/mol. The monoisotopic (exact) mass is 331 g/mol. The van der Waals surface area contributed by atoms with E-state index in [2.05, 4.69) is 5.32 Å². The van der Waals surface area contributed by atoms with Crippen molar-refractivity contribution in [1.29, 1.82) is 0 Å². The second kappa shape index (κ2) is 8.67. The number of nitrogens with one attached hydrogen (secondary N) is 1. The van der Waals surface area contributed by atoms with Crippen molar-refractivity contribution in [3.05, 3.63) is 59.9 Å². The molecule has 2 aromatic rings. The summed E-state index contributed by atoms with van der Waals surface area (Å²) in [4.78, 5) is 23.3. The number of amides is 1. The third-order valence-electron chi connectivity index (χ3n) is 3.29. The lowest BCUT2D eigenvalue weighted by molar-refractivity contribution is -0.147. The molecule has 0 spiro atoms. The highest BCUT2D eigenvalue weighted by Crippen LogP contribution is 2.13. The van der Waals surface area contributed by atoms with Crippen molar-refractivity contribution in [3.8, 4) is 5.75 Å². The number of anilines is 1. The molecule has 0 radical (unpaired) electrons. The average Bonchev–Trinajstić information content (AvgIpc) is 2.60. The second-order valence-electron chi connectivity index (χ2n) is 5.04. The minimum absolute atomic E-state index is 0.0526. The maximum Gasteiger partial charge on any atom is 0.306 e. The van der Waals surface area contributed by atoms with E-state index in [1.807, 2.05) is 24.3 Å². The normalized spacial score (nSPS) is 10.1. The molecule has 0 fully saturated rings. The standard InChI is InChI=1S/C18H18FNO4/c1-23-14-9-6-13(7-10-14)8-11-18(22)24-12-17(21)20-16-5-3-2-4-15(16)19/h2-7,9-10H,8,11-12H2,1H3,(H,20,21). The summed E-state index contributed by atoms with van der Waals surface area (Å²) in [6.45, 7) is -0.449. The molecule has 0 aliphatic carbocycles. The number of para-hydroxylation sites is 1. The van der Waals surface area contributed by atoms with Crippen molar-refractivity contribution in [2.75, 3.05) is 19.0 Å². The molecule has 0 atom stereocenters. The van der Waals surface area contributed by atoms with Crippen LogP contribution in [0, 0.1) is 5.82 Å². The lowest BCUT2D eigenvalue weighted by Gasteiger charge is -2.07. The molecule has 5 nitrogen and oxygen atoms in total. The predicted octanol–water partition coefficient (Wildman–Crippen LogP) is 2.95. The van der Waals surface area contributed by atoms with E-state index in [1.54, 1.807) is 13.2 Å². The predicted molar refractivity (Wildman–Crippen MR) is 87.3 cm³/mol. The molecule has 1 amide bonds. The van der Waals surface area contributed by atoms with Crippen molar-refractivity contribution < 1.29 is 23.5 Å². The number of halogens is 1. The lowest BCUT2D eigenvalue weighted by Crippen LogP contribution is -2.21. The van der Waals surface area contributed by atoms with Crippen LogP contribution in [0.2, 0.25) is 0 Å². The van der Waals surface area contributed by atoms with Gasteiger partial charge < -0.3 is 14.8 Å². The molecular weight excluding hydrogens is 313 g/mol. The minimum atomic E-state index is -0.585. The van der Waals surface area contributed by atoms with Gasteiger partial charge in [0.2, 0.25) is 0 Å². The van der Waals surface area contributed by atoms with Gasteiger partial charge >= 0.3 is 5.97 Å². The summed E-state index contributed by atoms with van der Waals surface area (Å²) < 4.78 is 23.3. The van der Waals surface area contributed by atoms with Gasteiger partial charge in [0.25, 0.3) is 5.91 Å². The molecule has 0 aliphatic rings. The number of ether oxygens (including phenoxy) is 2. The van der Waals surface area contributed by atoms with Crippen LogP contribution in [0.15, 0.2) is 48.5 Å². The Balaban J connectivity index is 1.72. The molecule has 0 heterocycles. The molecule has 1 N–H and O–H groups in total. The van der Waals surface area contributed by atoms with Crippen LogP contribution in [0.1, 0.15) is 12.0 Å². The van der Waals surface area contributed by atoms with Crippen LogP contribution in [0.3, 0.4) is 0 Å². The van der Waals surface area contributed by atoms with Crippen LogP contribution < -0.4 is 10.1 Å². The van der Waals surface area contributed by atoms with Gasteiger partial charge in [-0.1, -0.05) is 24.3 Å². The minimum Gasteiger partial charge on any atom is -0.497 e. The highest BCUT2D eigenvalue weighted by molar-refractivity contribution is 5.92. The number of hydrogen-bond donors (Lipinski definition) is 1. The number of methoxy groups -OCH3 is 1. The van der Waals surface area contributed by atoms with E-state index >= 15 is 0 Å². The summed E-state index contributed by atoms with van der Waals surface area (Å²) in [6.07, 6.45) is 0.650. The Morgan fingerprint density at radius 2 is 1.79 bits per heavy atom. The van der Waals surface area contributed by atoms with Crippen molar-refractivity contribution in [2.24, 2.45) is 0 Å². The van der Waals surface area contributed by atoms with Gasteiger partial charge in [-0.15, -0.1) is 0 Å². The van der Waals surface area contributed by atoms with Crippen molar-refractivity contribution in [1.82, 2.24) is 0 Å². The number of carbonyl (C=O) groups excluding carboxylic acids is 2. The lowest BCUT2D eigenvalue weighted by atomic mass is 10.1. The molecule has 0 bridgehead atoms. The fourth-order valence-corrected chi connectivity index (χ4v) is 2.01. The van der Waals surface area contributed by atoms with E-state index < -0.39 is 24.3 Å². The van der Waals surface area contributed by atoms with Crippen molar-refractivity contribution in [3.63, 3.8) is 0 Å². The topological polar surface area (TPSA) is 64.6 Å². The molecule has 0 saturated carbocycles. The van der Waals surface area contributed by atoms with E-state index in [-0.39, 0.29) is 12.1 Å². The van der Waals surface area contributed by atoms with Gasteiger partial charge in [0.15, 0.2) is 6.61 Å². The largest absolute Gasteiger partial charge is 0.497 e. The summed E-state index contributed by atoms with van der Waals surface area (Å²) >= 11 is 0. The van der Waals surface area contributed by atoms with Crippen molar-refractivity contribution in [2.45, 2.75) is 12.8 Å². The molecule has 0 aliphatic heterocycles. The highest BCUT2D eigenvalue weighted by atomic mass is 19.1. The Kier molecular flexibility index (Phi) is 6.31. The Hall–Kier alpha value is -2.89. The van der Waals surface area contributed by atoms with Gasteiger partial charge in [-0.3, -0.25) is 9.59 Å². The van der Waals surface area contributed by atoms with Gasteiger partial charge in [0.05, 0.1) is 12.8 Å². The van der Waals surface area contributed by atoms with Crippen LogP contribution in [0.4, 0.5) is 10.1 Å². The maximum absolute atomic E-state index is 13.4. The SMILES string of the molecule is COc1ccc(CCC(=O)OCC(=O)Nc2ccccc2F)cc1. The van der Waals surface area contributed by atoms with Gasteiger partial charge in [0.1, 0.15) is 11.6 Å². The Morgan fingerprint density at radius 3 is 2.46 bits per heavy atom. The molecule has 6 heteroatoms. The number of aryl methyl sites for hydroxylation is 1. The summed E-state index contributed by atoms with van der Waals surface area (Å²) in [5.41, 5.74) is 1.01. The molecule has 2 rings (SSSR count). The molecular formula is C18H18FNO4. The molecule has 2 aromatic carbocycles. The zero-order valence-electron chi connectivity index (χ0n) is 13.3. The van der Waals surface area contributed by atoms with E-state index in [9.17, 15) is 14.0 Å².